The van der Waals surface area contributed by atoms with Gasteiger partial charge in [-0.2, -0.15) is 0 Å². The fraction of sp³-hybridized carbons (Fsp3) is 0.500. The van der Waals surface area contributed by atoms with Gasteiger partial charge in [0.15, 0.2) is 0 Å². The smallest absolute Gasteiger partial charge is 0.327 e. The molecule has 3 nitrogen and oxygen atoms in total. The van der Waals surface area contributed by atoms with Gasteiger partial charge in [0.1, 0.15) is 6.04 Å². The molecule has 0 spiro atoms. The second-order valence-electron chi connectivity index (χ2n) is 4.17. The Bertz CT molecular complexity index is 365. The van der Waals surface area contributed by atoms with Gasteiger partial charge < -0.3 is 10.1 Å². The summed E-state index contributed by atoms with van der Waals surface area (Å²) in [5.74, 6) is -0.270. The van der Waals surface area contributed by atoms with Crippen LogP contribution < -0.4 is 5.32 Å². The maximum Gasteiger partial charge on any atom is 0.327 e. The van der Waals surface area contributed by atoms with Gasteiger partial charge in [-0.15, -0.1) is 0 Å². The molecule has 0 aromatic heterocycles. The van der Waals surface area contributed by atoms with E-state index in [1.165, 1.54) is 7.11 Å². The lowest BCUT2D eigenvalue weighted by atomic mass is 10.1. The lowest BCUT2D eigenvalue weighted by molar-refractivity contribution is -0.143. The summed E-state index contributed by atoms with van der Waals surface area (Å²) in [6, 6.07) is 6.83. The Morgan fingerprint density at radius 2 is 2.00 bits per heavy atom. The van der Waals surface area contributed by atoms with Crippen molar-refractivity contribution in [3.8, 4) is 0 Å². The zero-order chi connectivity index (χ0) is 13.4. The average molecular weight is 270 g/mol. The van der Waals surface area contributed by atoms with Crippen molar-refractivity contribution in [3.63, 3.8) is 0 Å². The molecule has 0 aliphatic rings. The van der Waals surface area contributed by atoms with E-state index in [1.54, 1.807) is 12.1 Å². The second-order valence-corrected chi connectivity index (χ2v) is 4.61. The van der Waals surface area contributed by atoms with Crippen LogP contribution in [0.2, 0.25) is 5.02 Å². The van der Waals surface area contributed by atoms with Gasteiger partial charge in [-0.05, 0) is 30.7 Å². The number of esters is 1. The van der Waals surface area contributed by atoms with Gasteiger partial charge in [0.25, 0.3) is 0 Å². The molecule has 0 bridgehead atoms. The third-order valence-corrected chi connectivity index (χ3v) is 3.02. The molecule has 0 fully saturated rings. The van der Waals surface area contributed by atoms with Gasteiger partial charge in [-0.25, -0.2) is 4.79 Å². The number of halogens is 1. The molecule has 100 valence electrons. The SMILES string of the molecule is CCCCCNC(C(=O)OC)c1ccc(Cl)cc1. The van der Waals surface area contributed by atoms with Gasteiger partial charge in [0, 0.05) is 5.02 Å². The van der Waals surface area contributed by atoms with Gasteiger partial charge in [-0.1, -0.05) is 43.5 Å². The van der Waals surface area contributed by atoms with Crippen LogP contribution in [0, 0.1) is 0 Å². The summed E-state index contributed by atoms with van der Waals surface area (Å²) in [6.45, 7) is 2.95. The summed E-state index contributed by atoms with van der Waals surface area (Å²) in [6.07, 6.45) is 3.37. The summed E-state index contributed by atoms with van der Waals surface area (Å²) in [5.41, 5.74) is 0.878. The third kappa shape index (κ3) is 4.67. The first-order valence-electron chi connectivity index (χ1n) is 6.25. The standard InChI is InChI=1S/C14H20ClNO2/c1-3-4-5-10-16-13(14(17)18-2)11-6-8-12(15)9-7-11/h6-9,13,16H,3-5,10H2,1-2H3. The highest BCUT2D eigenvalue weighted by atomic mass is 35.5. The predicted molar refractivity (Wildman–Crippen MR) is 73.7 cm³/mol. The molecule has 0 amide bonds. The first-order chi connectivity index (χ1) is 8.69. The third-order valence-electron chi connectivity index (χ3n) is 2.77. The molecule has 18 heavy (non-hydrogen) atoms. The largest absolute Gasteiger partial charge is 0.468 e. The van der Waals surface area contributed by atoms with E-state index in [9.17, 15) is 4.79 Å². The van der Waals surface area contributed by atoms with Crippen molar-refractivity contribution in [2.75, 3.05) is 13.7 Å². The van der Waals surface area contributed by atoms with Crippen LogP contribution in [0.1, 0.15) is 37.8 Å². The Morgan fingerprint density at radius 1 is 1.33 bits per heavy atom. The van der Waals surface area contributed by atoms with Crippen molar-refractivity contribution in [3.05, 3.63) is 34.9 Å². The van der Waals surface area contributed by atoms with Crippen LogP contribution in [0.25, 0.3) is 0 Å². The molecule has 1 aromatic carbocycles. The van der Waals surface area contributed by atoms with Crippen LogP contribution in [0.15, 0.2) is 24.3 Å². The zero-order valence-corrected chi connectivity index (χ0v) is 11.7. The van der Waals surface area contributed by atoms with Crippen molar-refractivity contribution in [2.45, 2.75) is 32.2 Å². The zero-order valence-electron chi connectivity index (χ0n) is 10.9. The van der Waals surface area contributed by atoms with E-state index in [4.69, 9.17) is 16.3 Å². The summed E-state index contributed by atoms with van der Waals surface area (Å²) < 4.78 is 4.82. The number of rotatable bonds is 7. The van der Waals surface area contributed by atoms with E-state index >= 15 is 0 Å². The molecule has 0 aliphatic heterocycles. The number of carbonyl (C=O) groups is 1. The summed E-state index contributed by atoms with van der Waals surface area (Å²) in [5, 5.41) is 3.88. The first kappa shape index (κ1) is 15.0. The Labute approximate surface area is 113 Å². The Kier molecular flexibility index (Phi) is 6.76. The molecule has 4 heteroatoms. The molecule has 1 atom stereocenters. The molecule has 1 N–H and O–H groups in total. The van der Waals surface area contributed by atoms with E-state index in [2.05, 4.69) is 12.2 Å². The van der Waals surface area contributed by atoms with Crippen molar-refractivity contribution in [1.82, 2.24) is 5.32 Å². The minimum Gasteiger partial charge on any atom is -0.468 e. The number of hydrogen-bond donors (Lipinski definition) is 1. The Hall–Kier alpha value is -1.06. The molecular formula is C14H20ClNO2. The quantitative estimate of drug-likeness (QED) is 0.609. The van der Waals surface area contributed by atoms with Crippen molar-refractivity contribution in [2.24, 2.45) is 0 Å². The lowest BCUT2D eigenvalue weighted by Gasteiger charge is -2.16. The Morgan fingerprint density at radius 3 is 2.56 bits per heavy atom. The topological polar surface area (TPSA) is 38.3 Å². The number of unbranched alkanes of at least 4 members (excludes halogenated alkanes) is 2. The first-order valence-corrected chi connectivity index (χ1v) is 6.63. The number of hydrogen-bond acceptors (Lipinski definition) is 3. The number of methoxy groups -OCH3 is 1. The molecule has 0 radical (unpaired) electrons. The number of carbonyl (C=O) groups excluding carboxylic acids is 1. The molecular weight excluding hydrogens is 250 g/mol. The number of ether oxygens (including phenoxy) is 1. The second kappa shape index (κ2) is 8.11. The van der Waals surface area contributed by atoms with Gasteiger partial charge in [0.2, 0.25) is 0 Å². The van der Waals surface area contributed by atoms with E-state index in [0.29, 0.717) is 5.02 Å². The molecule has 0 aliphatic carbocycles. The molecule has 1 aromatic rings. The highest BCUT2D eigenvalue weighted by molar-refractivity contribution is 6.30. The maximum atomic E-state index is 11.7. The van der Waals surface area contributed by atoms with Gasteiger partial charge >= 0.3 is 5.97 Å². The average Bonchev–Trinajstić information content (AvgIpc) is 2.39. The minimum absolute atomic E-state index is 0.270. The summed E-state index contributed by atoms with van der Waals surface area (Å²) in [7, 11) is 1.40. The number of nitrogens with one attached hydrogen (secondary N) is 1. The fourth-order valence-electron chi connectivity index (χ4n) is 1.73. The van der Waals surface area contributed by atoms with Crippen LogP contribution >= 0.6 is 11.6 Å². The van der Waals surface area contributed by atoms with Crippen LogP contribution in [-0.4, -0.2) is 19.6 Å². The minimum atomic E-state index is -0.413. The predicted octanol–water partition coefficient (Wildman–Crippen LogP) is 3.33. The summed E-state index contributed by atoms with van der Waals surface area (Å²) in [4.78, 5) is 11.7. The van der Waals surface area contributed by atoms with Crippen molar-refractivity contribution in [1.29, 1.82) is 0 Å². The van der Waals surface area contributed by atoms with Crippen LogP contribution in [0.5, 0.6) is 0 Å². The van der Waals surface area contributed by atoms with Crippen LogP contribution in [0.3, 0.4) is 0 Å². The van der Waals surface area contributed by atoms with Crippen LogP contribution in [0.4, 0.5) is 0 Å². The molecule has 1 unspecified atom stereocenters. The van der Waals surface area contributed by atoms with Gasteiger partial charge in [0.05, 0.1) is 7.11 Å². The lowest BCUT2D eigenvalue weighted by Crippen LogP contribution is -2.30. The van der Waals surface area contributed by atoms with Crippen LogP contribution in [-0.2, 0) is 9.53 Å². The molecule has 0 saturated heterocycles. The highest BCUT2D eigenvalue weighted by Crippen LogP contribution is 2.17. The van der Waals surface area contributed by atoms with Gasteiger partial charge in [-0.3, -0.25) is 0 Å². The van der Waals surface area contributed by atoms with Crippen molar-refractivity contribution >= 4 is 17.6 Å². The fourth-order valence-corrected chi connectivity index (χ4v) is 1.86. The maximum absolute atomic E-state index is 11.7. The Balaban J connectivity index is 2.66. The van der Waals surface area contributed by atoms with E-state index < -0.39 is 6.04 Å². The van der Waals surface area contributed by atoms with E-state index in [0.717, 1.165) is 31.4 Å². The van der Waals surface area contributed by atoms with E-state index in [-0.39, 0.29) is 5.97 Å². The summed E-state index contributed by atoms with van der Waals surface area (Å²) >= 11 is 5.84. The molecule has 1 rings (SSSR count). The van der Waals surface area contributed by atoms with E-state index in [1.807, 2.05) is 12.1 Å². The monoisotopic (exact) mass is 269 g/mol. The van der Waals surface area contributed by atoms with Crippen molar-refractivity contribution < 1.29 is 9.53 Å². The molecule has 0 saturated carbocycles. The normalized spacial score (nSPS) is 12.2. The molecule has 0 heterocycles. The highest BCUT2D eigenvalue weighted by Gasteiger charge is 2.20. The number of benzene rings is 1.